The first-order valence-corrected chi connectivity index (χ1v) is 8.58. The van der Waals surface area contributed by atoms with Crippen molar-refractivity contribution in [1.82, 2.24) is 0 Å². The van der Waals surface area contributed by atoms with Gasteiger partial charge in [0.2, 0.25) is 0 Å². The topological polar surface area (TPSA) is 96.7 Å². The molecule has 0 saturated heterocycles. The number of nitrogens with two attached hydrogens (primary N) is 2. The van der Waals surface area contributed by atoms with Gasteiger partial charge in [0.25, 0.3) is 5.91 Å². The van der Waals surface area contributed by atoms with E-state index in [1.807, 2.05) is 32.2 Å². The van der Waals surface area contributed by atoms with Gasteiger partial charge in [0, 0.05) is 30.5 Å². The number of rotatable bonds is 6. The van der Waals surface area contributed by atoms with E-state index >= 15 is 0 Å². The fourth-order valence-corrected chi connectivity index (χ4v) is 2.65. The Bertz CT molecular complexity index is 771. The molecule has 26 heavy (non-hydrogen) atoms. The van der Waals surface area contributed by atoms with E-state index in [9.17, 15) is 9.18 Å². The second-order valence-electron chi connectivity index (χ2n) is 6.19. The zero-order valence-electron chi connectivity index (χ0n) is 15.4. The number of dihydropyridines is 1. The summed E-state index contributed by atoms with van der Waals surface area (Å²) in [4.78, 5) is 17.8. The minimum atomic E-state index is -1.54. The number of benzene rings is 1. The fraction of sp³-hybridized carbons (Fsp3) is 0.368. The number of alkyl halides is 1. The number of aliphatic imine (C=N–C) groups is 1. The summed E-state index contributed by atoms with van der Waals surface area (Å²) in [5.41, 5.74) is 14.7. The minimum absolute atomic E-state index is 0.00943. The molecular weight excluding hydrogens is 333 g/mol. The number of allylic oxidation sites excluding steroid dienone is 1. The predicted molar refractivity (Wildman–Crippen MR) is 106 cm³/mol. The molecule has 0 bridgehead atoms. The summed E-state index contributed by atoms with van der Waals surface area (Å²) in [6, 6.07) is 5.76. The molecular formula is C19H26FN5O. The molecule has 0 spiro atoms. The third-order valence-corrected chi connectivity index (χ3v) is 4.40. The fourth-order valence-electron chi connectivity index (χ4n) is 2.65. The van der Waals surface area contributed by atoms with Crippen LogP contribution >= 0.6 is 0 Å². The van der Waals surface area contributed by atoms with Crippen molar-refractivity contribution in [3.63, 3.8) is 0 Å². The number of hydrogen-bond acceptors (Lipinski definition) is 5. The van der Waals surface area contributed by atoms with Crippen molar-refractivity contribution in [2.75, 3.05) is 23.8 Å². The Balaban J connectivity index is 2.40. The lowest BCUT2D eigenvalue weighted by Gasteiger charge is -2.24. The van der Waals surface area contributed by atoms with Crippen LogP contribution in [0.5, 0.6) is 0 Å². The Kier molecular flexibility index (Phi) is 6.15. The van der Waals surface area contributed by atoms with Gasteiger partial charge in [-0.3, -0.25) is 4.79 Å². The molecule has 0 aromatic heterocycles. The monoisotopic (exact) mass is 359 g/mol. The summed E-state index contributed by atoms with van der Waals surface area (Å²) in [6.07, 6.45) is -0.710. The third-order valence-electron chi connectivity index (χ3n) is 4.40. The largest absolute Gasteiger partial charge is 0.374 e. The predicted octanol–water partition coefficient (Wildman–Crippen LogP) is 2.42. The van der Waals surface area contributed by atoms with Crippen LogP contribution in [-0.2, 0) is 4.79 Å². The first kappa shape index (κ1) is 19.7. The quantitative estimate of drug-likeness (QED) is 0.727. The molecule has 0 aliphatic carbocycles. The standard InChI is InChI=1S/C19H26FN5O/c1-5-11(3)13-9-12(7-8-16(13)25(4)6-2)23-19-14(18(22)26)10-15(20)17(21)24-19/h7-10,15,17H,3,5-6,21H2,1-2,4H3,(H2,22,26)(H,23,24). The SMILES string of the molecule is C=C(CC)c1cc(NC2=NC(N)C(F)C=C2C(N)=O)ccc1N(C)CC. The number of hydrogen-bond donors (Lipinski definition) is 3. The van der Waals surface area contributed by atoms with Crippen LogP contribution in [-0.4, -0.2) is 37.7 Å². The molecule has 1 aliphatic heterocycles. The normalized spacial score (nSPS) is 19.4. The van der Waals surface area contributed by atoms with E-state index in [1.54, 1.807) is 0 Å². The lowest BCUT2D eigenvalue weighted by molar-refractivity contribution is -0.114. The van der Waals surface area contributed by atoms with E-state index in [-0.39, 0.29) is 11.4 Å². The number of carbonyl (C=O) groups is 1. The minimum Gasteiger partial charge on any atom is -0.374 e. The average Bonchev–Trinajstić information content (AvgIpc) is 2.62. The van der Waals surface area contributed by atoms with Crippen molar-refractivity contribution >= 4 is 28.7 Å². The number of halogens is 1. The van der Waals surface area contributed by atoms with Crippen molar-refractivity contribution < 1.29 is 9.18 Å². The molecule has 7 heteroatoms. The number of amides is 1. The van der Waals surface area contributed by atoms with Gasteiger partial charge in [-0.25, -0.2) is 9.38 Å². The summed E-state index contributed by atoms with van der Waals surface area (Å²) in [5, 5.41) is 3.04. The van der Waals surface area contributed by atoms with Gasteiger partial charge in [-0.15, -0.1) is 0 Å². The molecule has 2 rings (SSSR count). The third kappa shape index (κ3) is 4.11. The van der Waals surface area contributed by atoms with Gasteiger partial charge in [-0.2, -0.15) is 0 Å². The van der Waals surface area contributed by atoms with Crippen LogP contribution < -0.4 is 21.7 Å². The number of amidine groups is 1. The molecule has 1 aromatic rings. The molecule has 2 atom stereocenters. The molecule has 0 saturated carbocycles. The number of carbonyl (C=O) groups excluding carboxylic acids is 1. The van der Waals surface area contributed by atoms with E-state index in [4.69, 9.17) is 11.5 Å². The smallest absolute Gasteiger partial charge is 0.252 e. The second kappa shape index (κ2) is 8.14. The number of nitrogens with zero attached hydrogens (tertiary/aromatic N) is 2. The van der Waals surface area contributed by atoms with Crippen LogP contribution in [0.15, 0.2) is 41.4 Å². The van der Waals surface area contributed by atoms with E-state index < -0.39 is 18.2 Å². The van der Waals surface area contributed by atoms with Gasteiger partial charge < -0.3 is 21.7 Å². The molecule has 1 amide bonds. The number of primary amides is 1. The zero-order valence-corrected chi connectivity index (χ0v) is 15.4. The highest BCUT2D eigenvalue weighted by Crippen LogP contribution is 2.31. The van der Waals surface area contributed by atoms with Gasteiger partial charge in [0.05, 0.1) is 5.57 Å². The Labute approximate surface area is 153 Å². The van der Waals surface area contributed by atoms with E-state index in [0.717, 1.165) is 35.9 Å². The van der Waals surface area contributed by atoms with Crippen LogP contribution in [0, 0.1) is 0 Å². The van der Waals surface area contributed by atoms with Gasteiger partial charge in [-0.1, -0.05) is 13.5 Å². The van der Waals surface area contributed by atoms with Crippen LogP contribution in [0.1, 0.15) is 25.8 Å². The van der Waals surface area contributed by atoms with Crippen molar-refractivity contribution in [2.24, 2.45) is 16.5 Å². The maximum Gasteiger partial charge on any atom is 0.252 e. The second-order valence-corrected chi connectivity index (χ2v) is 6.19. The van der Waals surface area contributed by atoms with Crippen LogP contribution in [0.3, 0.4) is 0 Å². The zero-order chi connectivity index (χ0) is 19.4. The molecule has 140 valence electrons. The molecule has 1 aromatic carbocycles. The van der Waals surface area contributed by atoms with Crippen LogP contribution in [0.4, 0.5) is 15.8 Å². The van der Waals surface area contributed by atoms with Crippen LogP contribution in [0.25, 0.3) is 5.57 Å². The number of nitrogens with one attached hydrogen (secondary N) is 1. The molecule has 1 heterocycles. The van der Waals surface area contributed by atoms with Crippen molar-refractivity contribution in [2.45, 2.75) is 32.6 Å². The Hall–Kier alpha value is -2.67. The van der Waals surface area contributed by atoms with E-state index in [0.29, 0.717) is 5.69 Å². The van der Waals surface area contributed by atoms with Crippen molar-refractivity contribution in [3.8, 4) is 0 Å². The summed E-state index contributed by atoms with van der Waals surface area (Å²) >= 11 is 0. The molecule has 6 nitrogen and oxygen atoms in total. The first-order chi connectivity index (χ1) is 12.3. The molecule has 1 aliphatic rings. The summed E-state index contributed by atoms with van der Waals surface area (Å²) < 4.78 is 13.7. The Morgan fingerprint density at radius 1 is 1.42 bits per heavy atom. The Morgan fingerprint density at radius 2 is 2.12 bits per heavy atom. The number of anilines is 2. The Morgan fingerprint density at radius 3 is 2.69 bits per heavy atom. The highest BCUT2D eigenvalue weighted by atomic mass is 19.1. The highest BCUT2D eigenvalue weighted by Gasteiger charge is 2.26. The van der Waals surface area contributed by atoms with Crippen molar-refractivity contribution in [3.05, 3.63) is 42.0 Å². The molecule has 5 N–H and O–H groups in total. The summed E-state index contributed by atoms with van der Waals surface area (Å²) in [5.74, 6) is -0.588. The van der Waals surface area contributed by atoms with Gasteiger partial charge in [0.1, 0.15) is 12.0 Å². The van der Waals surface area contributed by atoms with Gasteiger partial charge >= 0.3 is 0 Å². The summed E-state index contributed by atoms with van der Waals surface area (Å²) in [7, 11) is 2.01. The van der Waals surface area contributed by atoms with E-state index in [1.165, 1.54) is 0 Å². The van der Waals surface area contributed by atoms with Crippen LogP contribution in [0.2, 0.25) is 0 Å². The maximum absolute atomic E-state index is 13.7. The molecule has 2 unspecified atom stereocenters. The molecule has 0 fully saturated rings. The van der Waals surface area contributed by atoms with Gasteiger partial charge in [-0.05, 0) is 43.2 Å². The first-order valence-electron chi connectivity index (χ1n) is 8.58. The maximum atomic E-state index is 13.7. The highest BCUT2D eigenvalue weighted by molar-refractivity contribution is 6.25. The lowest BCUT2D eigenvalue weighted by Crippen LogP contribution is -2.39. The van der Waals surface area contributed by atoms with Gasteiger partial charge in [0.15, 0.2) is 6.17 Å². The molecule has 0 radical (unpaired) electrons. The van der Waals surface area contributed by atoms with Crippen molar-refractivity contribution in [1.29, 1.82) is 0 Å². The summed E-state index contributed by atoms with van der Waals surface area (Å²) in [6.45, 7) is 9.10. The van der Waals surface area contributed by atoms with E-state index in [2.05, 4.69) is 28.7 Å². The average molecular weight is 359 g/mol. The lowest BCUT2D eigenvalue weighted by atomic mass is 10.0.